The zero-order valence-corrected chi connectivity index (χ0v) is 15.3. The maximum absolute atomic E-state index is 12.1. The van der Waals surface area contributed by atoms with Gasteiger partial charge in [0.1, 0.15) is 0 Å². The molecular formula is C18H21N3O4S. The molecule has 2 aromatic rings. The number of hydrazine groups is 1. The molecule has 0 fully saturated rings. The zero-order chi connectivity index (χ0) is 19.2. The van der Waals surface area contributed by atoms with Crippen LogP contribution in [0.25, 0.3) is 0 Å². The van der Waals surface area contributed by atoms with Crippen LogP contribution in [-0.4, -0.2) is 20.2 Å². The molecule has 3 N–H and O–H groups in total. The molecular weight excluding hydrogens is 354 g/mol. The Morgan fingerprint density at radius 2 is 1.58 bits per heavy atom. The topological polar surface area (TPSA) is 104 Å². The summed E-state index contributed by atoms with van der Waals surface area (Å²) in [5, 5.41) is 2.73. The number of anilines is 1. The van der Waals surface area contributed by atoms with Crippen molar-refractivity contribution in [2.24, 2.45) is 5.92 Å². The third-order valence-corrected chi connectivity index (χ3v) is 4.64. The van der Waals surface area contributed by atoms with Gasteiger partial charge in [0.15, 0.2) is 0 Å². The van der Waals surface area contributed by atoms with Crippen molar-refractivity contribution in [3.8, 4) is 0 Å². The fourth-order valence-electron chi connectivity index (χ4n) is 2.13. The van der Waals surface area contributed by atoms with E-state index in [2.05, 4.69) is 10.7 Å². The first-order valence-electron chi connectivity index (χ1n) is 8.05. The minimum atomic E-state index is -3.84. The Bertz CT molecular complexity index is 863. The molecule has 2 amide bonds. The van der Waals surface area contributed by atoms with Gasteiger partial charge in [-0.05, 0) is 42.3 Å². The molecule has 2 rings (SSSR count). The number of sulfonamides is 1. The molecule has 0 aliphatic carbocycles. The summed E-state index contributed by atoms with van der Waals surface area (Å²) in [5.74, 6) is -0.463. The van der Waals surface area contributed by atoms with E-state index < -0.39 is 15.9 Å². The van der Waals surface area contributed by atoms with Gasteiger partial charge < -0.3 is 5.32 Å². The Balaban J connectivity index is 1.95. The molecule has 0 aromatic heterocycles. The molecule has 8 heteroatoms. The normalized spacial score (nSPS) is 11.2. The van der Waals surface area contributed by atoms with Crippen molar-refractivity contribution in [3.05, 3.63) is 60.2 Å². The minimum Gasteiger partial charge on any atom is -0.326 e. The van der Waals surface area contributed by atoms with E-state index in [-0.39, 0.29) is 22.3 Å². The second-order valence-electron chi connectivity index (χ2n) is 6.10. The highest BCUT2D eigenvalue weighted by atomic mass is 32.2. The van der Waals surface area contributed by atoms with Crippen LogP contribution in [-0.2, 0) is 14.8 Å². The van der Waals surface area contributed by atoms with Gasteiger partial charge in [0.05, 0.1) is 4.90 Å². The molecule has 0 spiro atoms. The lowest BCUT2D eigenvalue weighted by Gasteiger charge is -2.10. The van der Waals surface area contributed by atoms with E-state index in [1.165, 1.54) is 24.3 Å². The fourth-order valence-corrected chi connectivity index (χ4v) is 2.99. The van der Waals surface area contributed by atoms with Crippen molar-refractivity contribution in [2.75, 3.05) is 5.32 Å². The van der Waals surface area contributed by atoms with Crippen LogP contribution in [0.1, 0.15) is 30.6 Å². The summed E-state index contributed by atoms with van der Waals surface area (Å²) in [7, 11) is -3.84. The monoisotopic (exact) mass is 375 g/mol. The van der Waals surface area contributed by atoms with E-state index in [0.717, 1.165) is 0 Å². The number of hydrogen-bond acceptors (Lipinski definition) is 4. The quantitative estimate of drug-likeness (QED) is 0.646. The number of amides is 2. The number of carbonyl (C=O) groups is 2. The second kappa shape index (κ2) is 8.59. The molecule has 0 aliphatic rings. The van der Waals surface area contributed by atoms with Crippen molar-refractivity contribution < 1.29 is 18.0 Å². The first kappa shape index (κ1) is 19.6. The van der Waals surface area contributed by atoms with Crippen molar-refractivity contribution >= 4 is 27.5 Å². The standard InChI is InChI=1S/C18H21N3O4S/c1-13(2)12-17(22)19-15-10-8-14(9-11-15)18(23)20-21-26(24,25)16-6-4-3-5-7-16/h3-11,13,21H,12H2,1-2H3,(H,19,22)(H,20,23). The van der Waals surface area contributed by atoms with Gasteiger partial charge in [-0.2, -0.15) is 0 Å². The lowest BCUT2D eigenvalue weighted by molar-refractivity contribution is -0.116. The molecule has 7 nitrogen and oxygen atoms in total. The first-order valence-corrected chi connectivity index (χ1v) is 9.53. The second-order valence-corrected chi connectivity index (χ2v) is 7.78. The van der Waals surface area contributed by atoms with Crippen LogP contribution in [0.3, 0.4) is 0 Å². The van der Waals surface area contributed by atoms with E-state index in [1.807, 2.05) is 18.7 Å². The first-order chi connectivity index (χ1) is 12.3. The van der Waals surface area contributed by atoms with Gasteiger partial charge >= 0.3 is 0 Å². The van der Waals surface area contributed by atoms with Crippen LogP contribution in [0, 0.1) is 5.92 Å². The van der Waals surface area contributed by atoms with Crippen molar-refractivity contribution in [2.45, 2.75) is 25.2 Å². The van der Waals surface area contributed by atoms with Gasteiger partial charge in [-0.25, -0.2) is 8.42 Å². The van der Waals surface area contributed by atoms with E-state index in [9.17, 15) is 18.0 Å². The van der Waals surface area contributed by atoms with Gasteiger partial charge in [0.25, 0.3) is 15.9 Å². The molecule has 0 radical (unpaired) electrons. The maximum Gasteiger partial charge on any atom is 0.266 e. The maximum atomic E-state index is 12.1. The lowest BCUT2D eigenvalue weighted by Crippen LogP contribution is -2.41. The summed E-state index contributed by atoms with van der Waals surface area (Å²) in [5.41, 5.74) is 2.98. The highest BCUT2D eigenvalue weighted by Crippen LogP contribution is 2.11. The van der Waals surface area contributed by atoms with Crippen LogP contribution in [0.2, 0.25) is 0 Å². The summed E-state index contributed by atoms with van der Waals surface area (Å²) < 4.78 is 24.1. The number of hydrogen-bond donors (Lipinski definition) is 3. The molecule has 0 bridgehead atoms. The molecule has 0 unspecified atom stereocenters. The van der Waals surface area contributed by atoms with Crippen molar-refractivity contribution in [3.63, 3.8) is 0 Å². The molecule has 0 aliphatic heterocycles. The van der Waals surface area contributed by atoms with Gasteiger partial charge in [-0.15, -0.1) is 4.83 Å². The average Bonchev–Trinajstić information content (AvgIpc) is 2.60. The van der Waals surface area contributed by atoms with Crippen LogP contribution in [0.15, 0.2) is 59.5 Å². The highest BCUT2D eigenvalue weighted by Gasteiger charge is 2.15. The van der Waals surface area contributed by atoms with Crippen LogP contribution in [0.5, 0.6) is 0 Å². The predicted octanol–water partition coefficient (Wildman–Crippen LogP) is 2.29. The summed E-state index contributed by atoms with van der Waals surface area (Å²) in [6.07, 6.45) is 0.406. The van der Waals surface area contributed by atoms with Crippen molar-refractivity contribution in [1.82, 2.24) is 10.3 Å². The number of rotatable bonds is 7. The lowest BCUT2D eigenvalue weighted by atomic mass is 10.1. The van der Waals surface area contributed by atoms with Crippen molar-refractivity contribution in [1.29, 1.82) is 0 Å². The molecule has 2 aromatic carbocycles. The average molecular weight is 375 g/mol. The number of carbonyl (C=O) groups excluding carboxylic acids is 2. The Morgan fingerprint density at radius 3 is 2.15 bits per heavy atom. The van der Waals surface area contributed by atoms with E-state index in [0.29, 0.717) is 12.1 Å². The van der Waals surface area contributed by atoms with E-state index in [1.54, 1.807) is 30.3 Å². The molecule has 0 heterocycles. The molecule has 0 saturated heterocycles. The Labute approximate surface area is 152 Å². The largest absolute Gasteiger partial charge is 0.326 e. The fraction of sp³-hybridized carbons (Fsp3) is 0.222. The zero-order valence-electron chi connectivity index (χ0n) is 14.5. The SMILES string of the molecule is CC(C)CC(=O)Nc1ccc(C(=O)NNS(=O)(=O)c2ccccc2)cc1. The third-order valence-electron chi connectivity index (χ3n) is 3.38. The molecule has 26 heavy (non-hydrogen) atoms. The summed E-state index contributed by atoms with van der Waals surface area (Å²) in [6.45, 7) is 3.90. The number of nitrogens with one attached hydrogen (secondary N) is 3. The Morgan fingerprint density at radius 1 is 0.962 bits per heavy atom. The molecule has 0 saturated carbocycles. The van der Waals surface area contributed by atoms with E-state index in [4.69, 9.17) is 0 Å². The van der Waals surface area contributed by atoms with Gasteiger partial charge in [-0.3, -0.25) is 15.0 Å². The van der Waals surface area contributed by atoms with Gasteiger partial charge in [-0.1, -0.05) is 32.0 Å². The number of benzene rings is 2. The summed E-state index contributed by atoms with van der Waals surface area (Å²) >= 11 is 0. The van der Waals surface area contributed by atoms with Gasteiger partial charge in [0, 0.05) is 17.7 Å². The van der Waals surface area contributed by atoms with E-state index >= 15 is 0 Å². The Hall–Kier alpha value is -2.71. The van der Waals surface area contributed by atoms with Gasteiger partial charge in [0.2, 0.25) is 5.91 Å². The molecule has 138 valence electrons. The Kier molecular flexibility index (Phi) is 6.48. The van der Waals surface area contributed by atoms with Crippen LogP contribution in [0.4, 0.5) is 5.69 Å². The van der Waals surface area contributed by atoms with Crippen LogP contribution < -0.4 is 15.6 Å². The summed E-state index contributed by atoms with van der Waals surface area (Å²) in [4.78, 5) is 25.9. The smallest absolute Gasteiger partial charge is 0.266 e. The minimum absolute atomic E-state index is 0.0449. The summed E-state index contributed by atoms with van der Waals surface area (Å²) in [6, 6.07) is 13.9. The third kappa shape index (κ3) is 5.68. The van der Waals surface area contributed by atoms with Crippen LogP contribution >= 0.6 is 0 Å². The molecule has 0 atom stereocenters. The predicted molar refractivity (Wildman–Crippen MR) is 98.8 cm³/mol. The highest BCUT2D eigenvalue weighted by molar-refractivity contribution is 7.89.